The average Bonchev–Trinajstić information content (AvgIpc) is 3.40. The minimum absolute atomic E-state index is 0. The highest BCUT2D eigenvalue weighted by Gasteiger charge is 2.45. The van der Waals surface area contributed by atoms with E-state index in [1.54, 1.807) is 17.1 Å². The lowest BCUT2D eigenvalue weighted by molar-refractivity contribution is 0.0457. The van der Waals surface area contributed by atoms with E-state index in [0.717, 1.165) is 36.8 Å². The molecule has 0 unspecified atom stereocenters. The first-order chi connectivity index (χ1) is 14.1. The molecule has 2 aromatic rings. The Bertz CT molecular complexity index is 951. The van der Waals surface area contributed by atoms with Crippen molar-refractivity contribution in [1.29, 1.82) is 0 Å². The summed E-state index contributed by atoms with van der Waals surface area (Å²) >= 11 is 0. The number of piperidine rings is 1. The van der Waals surface area contributed by atoms with Gasteiger partial charge in [-0.3, -0.25) is 14.3 Å². The lowest BCUT2D eigenvalue weighted by Gasteiger charge is -2.43. The first-order valence-electron chi connectivity index (χ1n) is 10.4. The SMILES string of the molecule is Cl.N[C@@H]1COC[C@@H]1n1cc(C(=O)N2CCC3(CCc4ccccc4C3=O)CC2)cn1. The van der Waals surface area contributed by atoms with Crippen LogP contribution in [0.3, 0.4) is 0 Å². The number of aryl methyl sites for hydroxylation is 1. The summed E-state index contributed by atoms with van der Waals surface area (Å²) in [5, 5.41) is 4.34. The van der Waals surface area contributed by atoms with E-state index in [1.807, 2.05) is 23.1 Å². The summed E-state index contributed by atoms with van der Waals surface area (Å²) in [4.78, 5) is 28.0. The van der Waals surface area contributed by atoms with Gasteiger partial charge in [0.2, 0.25) is 0 Å². The maximum Gasteiger partial charge on any atom is 0.257 e. The molecule has 1 aromatic heterocycles. The molecule has 5 rings (SSSR count). The lowest BCUT2D eigenvalue weighted by Crippen LogP contribution is -2.48. The van der Waals surface area contributed by atoms with Crippen LogP contribution >= 0.6 is 12.4 Å². The van der Waals surface area contributed by atoms with Crippen molar-refractivity contribution in [3.63, 3.8) is 0 Å². The van der Waals surface area contributed by atoms with Gasteiger partial charge in [-0.25, -0.2) is 0 Å². The zero-order valence-corrected chi connectivity index (χ0v) is 17.6. The molecule has 2 atom stereocenters. The number of ether oxygens (including phenoxy) is 1. The number of halogens is 1. The Balaban J connectivity index is 0.00000218. The molecular weight excluding hydrogens is 404 g/mol. The number of aromatic nitrogens is 2. The summed E-state index contributed by atoms with van der Waals surface area (Å²) in [6, 6.07) is 7.80. The topological polar surface area (TPSA) is 90.5 Å². The van der Waals surface area contributed by atoms with Crippen LogP contribution in [0.5, 0.6) is 0 Å². The number of hydrogen-bond donors (Lipinski definition) is 1. The summed E-state index contributed by atoms with van der Waals surface area (Å²) < 4.78 is 7.14. The number of fused-ring (bicyclic) bond motifs is 1. The Morgan fingerprint density at radius 2 is 1.93 bits per heavy atom. The first-order valence-corrected chi connectivity index (χ1v) is 10.4. The van der Waals surface area contributed by atoms with Gasteiger partial charge in [-0.2, -0.15) is 5.10 Å². The first kappa shape index (κ1) is 21.0. The van der Waals surface area contributed by atoms with E-state index in [-0.39, 0.29) is 41.6 Å². The number of rotatable bonds is 2. The van der Waals surface area contributed by atoms with Crippen LogP contribution in [0.4, 0.5) is 0 Å². The molecule has 2 aliphatic heterocycles. The van der Waals surface area contributed by atoms with Gasteiger partial charge >= 0.3 is 0 Å². The molecular formula is C22H27ClN4O3. The molecule has 8 heteroatoms. The van der Waals surface area contributed by atoms with Crippen molar-refractivity contribution in [3.05, 3.63) is 53.3 Å². The second-order valence-electron chi connectivity index (χ2n) is 8.54. The molecule has 30 heavy (non-hydrogen) atoms. The summed E-state index contributed by atoms with van der Waals surface area (Å²) in [5.41, 5.74) is 8.33. The minimum Gasteiger partial charge on any atom is -0.377 e. The zero-order valence-electron chi connectivity index (χ0n) is 16.8. The zero-order chi connectivity index (χ0) is 20.0. The number of carbonyl (C=O) groups is 2. The van der Waals surface area contributed by atoms with E-state index < -0.39 is 0 Å². The van der Waals surface area contributed by atoms with Gasteiger partial charge in [0.15, 0.2) is 5.78 Å². The Hall–Kier alpha value is -2.22. The van der Waals surface area contributed by atoms with Crippen LogP contribution in [-0.2, 0) is 11.2 Å². The second kappa shape index (κ2) is 8.13. The third kappa shape index (κ3) is 3.45. The molecule has 1 spiro atoms. The number of likely N-dealkylation sites (tertiary alicyclic amines) is 1. The smallest absolute Gasteiger partial charge is 0.257 e. The average molecular weight is 431 g/mol. The molecule has 1 aliphatic carbocycles. The van der Waals surface area contributed by atoms with Gasteiger partial charge in [-0.1, -0.05) is 24.3 Å². The summed E-state index contributed by atoms with van der Waals surface area (Å²) in [5.74, 6) is 0.233. The molecule has 2 saturated heterocycles. The molecule has 7 nitrogen and oxygen atoms in total. The van der Waals surface area contributed by atoms with Crippen molar-refractivity contribution in [1.82, 2.24) is 14.7 Å². The van der Waals surface area contributed by atoms with Gasteiger partial charge in [-0.15, -0.1) is 12.4 Å². The molecule has 0 radical (unpaired) electrons. The molecule has 0 bridgehead atoms. The number of Topliss-reactive ketones (excluding diaryl/α,β-unsaturated/α-hetero) is 1. The van der Waals surface area contributed by atoms with Gasteiger partial charge in [0, 0.05) is 30.3 Å². The number of nitrogens with zero attached hydrogens (tertiary/aromatic N) is 3. The number of ketones is 1. The number of carbonyl (C=O) groups excluding carboxylic acids is 2. The largest absolute Gasteiger partial charge is 0.377 e. The molecule has 3 aliphatic rings. The Morgan fingerprint density at radius 1 is 1.17 bits per heavy atom. The van der Waals surface area contributed by atoms with Crippen molar-refractivity contribution in [2.75, 3.05) is 26.3 Å². The van der Waals surface area contributed by atoms with E-state index in [0.29, 0.717) is 31.9 Å². The molecule has 160 valence electrons. The monoisotopic (exact) mass is 430 g/mol. The van der Waals surface area contributed by atoms with Crippen LogP contribution in [0.25, 0.3) is 0 Å². The molecule has 2 fully saturated rings. The highest BCUT2D eigenvalue weighted by atomic mass is 35.5. The van der Waals surface area contributed by atoms with E-state index in [4.69, 9.17) is 10.5 Å². The highest BCUT2D eigenvalue weighted by Crippen LogP contribution is 2.43. The summed E-state index contributed by atoms with van der Waals surface area (Å²) in [6.07, 6.45) is 6.64. The maximum absolute atomic E-state index is 13.2. The summed E-state index contributed by atoms with van der Waals surface area (Å²) in [6.45, 7) is 2.24. The van der Waals surface area contributed by atoms with Crippen LogP contribution in [-0.4, -0.2) is 58.7 Å². The number of hydrogen-bond acceptors (Lipinski definition) is 5. The van der Waals surface area contributed by atoms with E-state index in [2.05, 4.69) is 11.2 Å². The molecule has 1 aromatic carbocycles. The van der Waals surface area contributed by atoms with Crippen LogP contribution < -0.4 is 5.73 Å². The fourth-order valence-corrected chi connectivity index (χ4v) is 4.99. The van der Waals surface area contributed by atoms with Crippen LogP contribution in [0, 0.1) is 5.41 Å². The fourth-order valence-electron chi connectivity index (χ4n) is 4.99. The van der Waals surface area contributed by atoms with Crippen LogP contribution in [0.15, 0.2) is 36.7 Å². The van der Waals surface area contributed by atoms with Gasteiger partial charge < -0.3 is 15.4 Å². The second-order valence-corrected chi connectivity index (χ2v) is 8.54. The Morgan fingerprint density at radius 3 is 2.67 bits per heavy atom. The predicted molar refractivity (Wildman–Crippen MR) is 114 cm³/mol. The van der Waals surface area contributed by atoms with Crippen molar-refractivity contribution >= 4 is 24.1 Å². The van der Waals surface area contributed by atoms with E-state index in [1.165, 1.54) is 0 Å². The van der Waals surface area contributed by atoms with Crippen LogP contribution in [0.1, 0.15) is 51.6 Å². The highest BCUT2D eigenvalue weighted by molar-refractivity contribution is 6.03. The van der Waals surface area contributed by atoms with Crippen molar-refractivity contribution < 1.29 is 14.3 Å². The third-order valence-electron chi connectivity index (χ3n) is 6.91. The molecule has 1 amide bonds. The van der Waals surface area contributed by atoms with Gasteiger partial charge in [-0.05, 0) is 31.2 Å². The quantitative estimate of drug-likeness (QED) is 0.789. The number of nitrogens with two attached hydrogens (primary N) is 1. The predicted octanol–water partition coefficient (Wildman–Crippen LogP) is 2.25. The standard InChI is InChI=1S/C22H26N4O3.ClH/c23-18-13-29-14-19(18)26-12-16(11-24-26)21(28)25-9-7-22(8-10-25)6-5-15-3-1-2-4-17(15)20(22)27;/h1-4,11-12,18-19H,5-10,13-14,23H2;1H/t18-,19+;/m1./s1. The molecule has 3 heterocycles. The Kier molecular flexibility index (Phi) is 5.70. The lowest BCUT2D eigenvalue weighted by atomic mass is 9.65. The van der Waals surface area contributed by atoms with E-state index in [9.17, 15) is 9.59 Å². The van der Waals surface area contributed by atoms with Crippen molar-refractivity contribution in [2.24, 2.45) is 11.1 Å². The minimum atomic E-state index is -0.316. The van der Waals surface area contributed by atoms with Crippen molar-refractivity contribution in [3.8, 4) is 0 Å². The number of amides is 1. The summed E-state index contributed by atoms with van der Waals surface area (Å²) in [7, 11) is 0. The van der Waals surface area contributed by atoms with Crippen molar-refractivity contribution in [2.45, 2.75) is 37.8 Å². The van der Waals surface area contributed by atoms with Crippen LogP contribution in [0.2, 0.25) is 0 Å². The van der Waals surface area contributed by atoms with Gasteiger partial charge in [0.25, 0.3) is 5.91 Å². The maximum atomic E-state index is 13.2. The fraction of sp³-hybridized carbons (Fsp3) is 0.500. The normalized spacial score (nSPS) is 25.1. The molecule has 0 saturated carbocycles. The van der Waals surface area contributed by atoms with E-state index >= 15 is 0 Å². The third-order valence-corrected chi connectivity index (χ3v) is 6.91. The van der Waals surface area contributed by atoms with Gasteiger partial charge in [0.1, 0.15) is 0 Å². The van der Waals surface area contributed by atoms with Gasteiger partial charge in [0.05, 0.1) is 37.1 Å². The Labute approximate surface area is 182 Å². The molecule has 2 N–H and O–H groups in total. The number of benzene rings is 1.